The summed E-state index contributed by atoms with van der Waals surface area (Å²) in [5.41, 5.74) is 1.77. The van der Waals surface area contributed by atoms with Crippen LogP contribution in [0, 0.1) is 0 Å². The number of ether oxygens (including phenoxy) is 1. The third kappa shape index (κ3) is 9.26. The zero-order valence-corrected chi connectivity index (χ0v) is 28.2. The fourth-order valence-corrected chi connectivity index (χ4v) is 9.47. The highest BCUT2D eigenvalue weighted by atomic mass is 32.3. The Morgan fingerprint density at radius 1 is 0.979 bits per heavy atom. The summed E-state index contributed by atoms with van der Waals surface area (Å²) in [6.07, 6.45) is 0.393. The number of benzene rings is 2. The van der Waals surface area contributed by atoms with E-state index < -0.39 is 49.6 Å². The summed E-state index contributed by atoms with van der Waals surface area (Å²) in [5, 5.41) is 34.1. The summed E-state index contributed by atoms with van der Waals surface area (Å²) in [5.74, 6) is -1.10. The van der Waals surface area contributed by atoms with Crippen LogP contribution in [0.4, 0.5) is 0 Å². The lowest BCUT2D eigenvalue weighted by Gasteiger charge is -2.38. The Kier molecular flexibility index (Phi) is 13.3. The molecule has 1 unspecified atom stereocenters. The minimum atomic E-state index is -4.06. The molecule has 0 spiro atoms. The second kappa shape index (κ2) is 16.9. The van der Waals surface area contributed by atoms with Crippen LogP contribution in [0.1, 0.15) is 56.8 Å². The summed E-state index contributed by atoms with van der Waals surface area (Å²) in [6.45, 7) is 1.95. The van der Waals surface area contributed by atoms with E-state index in [0.717, 1.165) is 11.3 Å². The average molecular weight is 730 g/mol. The summed E-state index contributed by atoms with van der Waals surface area (Å²) in [6, 6.07) is 12.7. The fourth-order valence-electron chi connectivity index (χ4n) is 4.89. The van der Waals surface area contributed by atoms with Gasteiger partial charge in [0, 0.05) is 50.0 Å². The van der Waals surface area contributed by atoms with Crippen molar-refractivity contribution in [3.8, 4) is 0 Å². The van der Waals surface area contributed by atoms with E-state index in [4.69, 9.17) is 25.6 Å². The molecule has 4 rings (SSSR count). The molecule has 0 bridgehead atoms. The number of rotatable bonds is 16. The van der Waals surface area contributed by atoms with Gasteiger partial charge in [0.05, 0.1) is 30.0 Å². The first-order valence-corrected chi connectivity index (χ1v) is 17.7. The molecular weight excluding hydrogens is 695 g/mol. The first-order valence-electron chi connectivity index (χ1n) is 14.3. The monoisotopic (exact) mass is 729 g/mol. The van der Waals surface area contributed by atoms with Gasteiger partial charge in [0.1, 0.15) is 8.42 Å². The smallest absolute Gasteiger partial charge is 0.263 e. The highest BCUT2D eigenvalue weighted by molar-refractivity contribution is 7.92. The molecule has 3 aromatic rings. The van der Waals surface area contributed by atoms with Gasteiger partial charge >= 0.3 is 0 Å². The predicted molar refractivity (Wildman–Crippen MR) is 166 cm³/mol. The van der Waals surface area contributed by atoms with Crippen molar-refractivity contribution in [1.29, 1.82) is 0 Å². The van der Waals surface area contributed by atoms with Crippen LogP contribution in [0.25, 0.3) is 0 Å². The number of carbonyl (C=O) groups is 2. The molecule has 0 fully saturated rings. The Morgan fingerprint density at radius 3 is 2.06 bits per heavy atom. The third-order valence-corrected chi connectivity index (χ3v) is 12.1. The maximum Gasteiger partial charge on any atom is 0.263 e. The molecule has 2 amide bonds. The topological polar surface area (TPSA) is 219 Å². The Hall–Kier alpha value is -3.22. The van der Waals surface area contributed by atoms with Crippen molar-refractivity contribution in [1.82, 2.24) is 24.7 Å². The molecule has 2 heterocycles. The van der Waals surface area contributed by atoms with Crippen molar-refractivity contribution >= 4 is 44.2 Å². The number of hydrogen-bond acceptors (Lipinski definition) is 15. The summed E-state index contributed by atoms with van der Waals surface area (Å²) < 4.78 is 49.6. The van der Waals surface area contributed by atoms with Crippen molar-refractivity contribution in [3.05, 3.63) is 82.4 Å². The number of likely N-dealkylation sites (N-methyl/N-ethyl adjacent to an activating group) is 1. The number of amides is 2. The quantitative estimate of drug-likeness (QED) is 0.106. The van der Waals surface area contributed by atoms with Crippen LogP contribution >= 0.6 is 11.3 Å². The number of carbonyl (C=O) groups excluding carboxylic acids is 2. The van der Waals surface area contributed by atoms with E-state index in [9.17, 15) is 22.2 Å². The molecule has 2 aromatic carbocycles. The van der Waals surface area contributed by atoms with Gasteiger partial charge in [-0.25, -0.2) is 22.3 Å². The van der Waals surface area contributed by atoms with Crippen molar-refractivity contribution in [2.24, 2.45) is 0 Å². The van der Waals surface area contributed by atoms with Gasteiger partial charge in [-0.3, -0.25) is 35.1 Å². The Balaban J connectivity index is 1.61. The zero-order valence-electron chi connectivity index (χ0n) is 25.8. The highest BCUT2D eigenvalue weighted by Gasteiger charge is 2.42. The fraction of sp³-hybridized carbons (Fsp3) is 0.357. The Labute approximate surface area is 282 Å². The molecule has 48 heavy (non-hydrogen) atoms. The number of sulfonamides is 1. The molecule has 1 aliphatic rings. The van der Waals surface area contributed by atoms with E-state index >= 15 is 0 Å². The highest BCUT2D eigenvalue weighted by Crippen LogP contribution is 2.42. The number of thiophene rings is 1. The average Bonchev–Trinajstić information content (AvgIpc) is 3.53. The molecule has 5 N–H and O–H groups in total. The number of nitrogens with one attached hydrogen (secondary N) is 1. The van der Waals surface area contributed by atoms with Crippen LogP contribution in [0.15, 0.2) is 63.0 Å². The standard InChI is InChI=1S/C28H35N5O12S3/c1-3-31(27(35)22-11-7-20(8-12-22)18-45-33(38)39)24-16-30(13-4-14-43-2)48(41,42)28-23(24)15-25(46-28)47(40)29-26(34)21-9-5-19(6-10-21)17-44-32(36)37/h5-12,15,24,36-39H,3-4,13-14,16-18H2,1-2H3,(H,29,34)/t24-,47?/m0/s1. The van der Waals surface area contributed by atoms with E-state index in [1.54, 1.807) is 19.1 Å². The first kappa shape index (κ1) is 37.6. The van der Waals surface area contributed by atoms with Gasteiger partial charge in [0.15, 0.2) is 11.0 Å². The zero-order chi connectivity index (χ0) is 35.0. The lowest BCUT2D eigenvalue weighted by molar-refractivity contribution is -0.497. The lowest BCUT2D eigenvalue weighted by Crippen LogP contribution is -2.47. The van der Waals surface area contributed by atoms with E-state index in [-0.39, 0.29) is 52.4 Å². The summed E-state index contributed by atoms with van der Waals surface area (Å²) in [4.78, 5) is 37.3. The second-order valence-corrected chi connectivity index (χ2v) is 14.9. The number of fused-ring (bicyclic) bond motifs is 1. The number of nitrogens with zero attached hydrogens (tertiary/aromatic N) is 4. The molecule has 2 atom stereocenters. The molecule has 0 radical (unpaired) electrons. The lowest BCUT2D eigenvalue weighted by atomic mass is 10.1. The van der Waals surface area contributed by atoms with Crippen LogP contribution in [0.3, 0.4) is 0 Å². The van der Waals surface area contributed by atoms with Gasteiger partial charge in [0.2, 0.25) is 0 Å². The van der Waals surface area contributed by atoms with Gasteiger partial charge in [-0.05, 0) is 54.8 Å². The normalized spacial score (nSPS) is 16.5. The number of methoxy groups -OCH3 is 1. The SMILES string of the molecule is CCN(C(=O)c1ccc(CON(O)O)cc1)[C@H]1CN(CCCOC)S(=O)(=O)c2sc(S(=O)NC(=O)c3ccc(CON(O)O)cc3)cc21. The molecule has 17 nitrogen and oxygen atoms in total. The van der Waals surface area contributed by atoms with Gasteiger partial charge in [-0.2, -0.15) is 4.31 Å². The largest absolute Gasteiger partial charge is 0.385 e. The molecule has 20 heteroatoms. The van der Waals surface area contributed by atoms with E-state index in [1.807, 2.05) is 0 Å². The van der Waals surface area contributed by atoms with Gasteiger partial charge in [-0.15, -0.1) is 11.3 Å². The van der Waals surface area contributed by atoms with Crippen LogP contribution < -0.4 is 4.72 Å². The van der Waals surface area contributed by atoms with Crippen LogP contribution in [0.5, 0.6) is 0 Å². The van der Waals surface area contributed by atoms with Crippen molar-refractivity contribution in [3.63, 3.8) is 0 Å². The van der Waals surface area contributed by atoms with E-state index in [0.29, 0.717) is 29.7 Å². The molecular formula is C28H35N5O12S3. The second-order valence-electron chi connectivity index (χ2n) is 10.3. The molecule has 1 aliphatic heterocycles. The molecule has 262 valence electrons. The molecule has 0 aliphatic carbocycles. The van der Waals surface area contributed by atoms with Gasteiger partial charge in [-0.1, -0.05) is 24.3 Å². The first-order chi connectivity index (χ1) is 22.8. The summed E-state index contributed by atoms with van der Waals surface area (Å²) >= 11 is 0.750. The Bertz CT molecular complexity index is 1680. The van der Waals surface area contributed by atoms with Gasteiger partial charge < -0.3 is 9.64 Å². The predicted octanol–water partition coefficient (Wildman–Crippen LogP) is 2.47. The Morgan fingerprint density at radius 2 is 1.54 bits per heavy atom. The van der Waals surface area contributed by atoms with Crippen molar-refractivity contribution in [2.45, 2.75) is 41.0 Å². The minimum absolute atomic E-state index is 0.0614. The van der Waals surface area contributed by atoms with Crippen LogP contribution in [-0.2, 0) is 48.6 Å². The van der Waals surface area contributed by atoms with E-state index in [1.165, 1.54) is 58.8 Å². The van der Waals surface area contributed by atoms with Crippen LogP contribution in [0.2, 0.25) is 0 Å². The maximum atomic E-state index is 13.8. The van der Waals surface area contributed by atoms with Crippen LogP contribution in [-0.4, -0.2) is 98.6 Å². The minimum Gasteiger partial charge on any atom is -0.385 e. The van der Waals surface area contributed by atoms with Crippen molar-refractivity contribution in [2.75, 3.05) is 33.4 Å². The van der Waals surface area contributed by atoms with E-state index in [2.05, 4.69) is 14.4 Å². The third-order valence-electron chi connectivity index (χ3n) is 7.22. The van der Waals surface area contributed by atoms with Crippen molar-refractivity contribution < 1.29 is 57.5 Å². The molecule has 0 saturated carbocycles. The maximum absolute atomic E-state index is 13.8. The molecule has 1 aromatic heterocycles. The van der Waals surface area contributed by atoms with Gasteiger partial charge in [0.25, 0.3) is 21.8 Å². The molecule has 0 saturated heterocycles. The summed E-state index contributed by atoms with van der Waals surface area (Å²) in [7, 11) is -4.72. The number of hydrogen-bond donors (Lipinski definition) is 5.